The van der Waals surface area contributed by atoms with E-state index >= 15 is 0 Å². The van der Waals surface area contributed by atoms with Gasteiger partial charge < -0.3 is 4.90 Å². The summed E-state index contributed by atoms with van der Waals surface area (Å²) in [6.07, 6.45) is -2.27. The molecule has 19 heavy (non-hydrogen) atoms. The van der Waals surface area contributed by atoms with Gasteiger partial charge >= 0.3 is 6.18 Å². The maximum absolute atomic E-state index is 12.7. The maximum Gasteiger partial charge on any atom is 0.433 e. The molecule has 8 heteroatoms. The van der Waals surface area contributed by atoms with Crippen molar-refractivity contribution in [1.29, 1.82) is 0 Å². The number of aromatic nitrogens is 2. The number of nitrogens with two attached hydrogens (primary N) is 1. The molecule has 1 aliphatic carbocycles. The number of halogens is 3. The first-order valence-corrected chi connectivity index (χ1v) is 6.12. The summed E-state index contributed by atoms with van der Waals surface area (Å²) in [6.45, 7) is 3.19. The minimum Gasteiger partial charge on any atom is -0.356 e. The van der Waals surface area contributed by atoms with Crippen molar-refractivity contribution in [3.8, 4) is 0 Å². The lowest BCUT2D eigenvalue weighted by atomic mass is 10.3. The van der Waals surface area contributed by atoms with E-state index in [4.69, 9.17) is 5.84 Å². The summed E-state index contributed by atoms with van der Waals surface area (Å²) in [5, 5.41) is 0. The molecule has 1 fully saturated rings. The Hall–Kier alpha value is -1.57. The molecule has 1 saturated carbocycles. The van der Waals surface area contributed by atoms with Crippen LogP contribution in [0.3, 0.4) is 0 Å². The highest BCUT2D eigenvalue weighted by Crippen LogP contribution is 2.33. The average Bonchev–Trinajstić information content (AvgIpc) is 3.18. The number of nitrogens with one attached hydrogen (secondary N) is 1. The van der Waals surface area contributed by atoms with Gasteiger partial charge in [-0.2, -0.15) is 18.2 Å². The van der Waals surface area contributed by atoms with Gasteiger partial charge in [0, 0.05) is 19.2 Å². The maximum atomic E-state index is 12.7. The lowest BCUT2D eigenvalue weighted by Gasteiger charge is -2.23. The highest BCUT2D eigenvalue weighted by atomic mass is 19.4. The first-order valence-electron chi connectivity index (χ1n) is 6.12. The van der Waals surface area contributed by atoms with Crippen LogP contribution >= 0.6 is 0 Å². The van der Waals surface area contributed by atoms with Crippen molar-refractivity contribution in [3.63, 3.8) is 0 Å². The van der Waals surface area contributed by atoms with Crippen LogP contribution in [0.1, 0.15) is 25.5 Å². The zero-order valence-corrected chi connectivity index (χ0v) is 10.5. The molecular weight excluding hydrogens is 259 g/mol. The summed E-state index contributed by atoms with van der Waals surface area (Å²) in [7, 11) is 0. The SMILES string of the molecule is CCN(CC1CC1)c1cc(C(F)(F)F)nc(NN)n1. The van der Waals surface area contributed by atoms with Gasteiger partial charge in [0.1, 0.15) is 5.82 Å². The lowest BCUT2D eigenvalue weighted by molar-refractivity contribution is -0.141. The first kappa shape index (κ1) is 13.9. The minimum atomic E-state index is -4.51. The molecule has 0 bridgehead atoms. The summed E-state index contributed by atoms with van der Waals surface area (Å²) in [5.41, 5.74) is 1.09. The second kappa shape index (κ2) is 5.20. The summed E-state index contributed by atoms with van der Waals surface area (Å²) in [6, 6.07) is 0.965. The third kappa shape index (κ3) is 3.46. The van der Waals surface area contributed by atoms with Crippen molar-refractivity contribution in [3.05, 3.63) is 11.8 Å². The largest absolute Gasteiger partial charge is 0.433 e. The van der Waals surface area contributed by atoms with Crippen LogP contribution in [0.25, 0.3) is 0 Å². The Kier molecular flexibility index (Phi) is 3.79. The monoisotopic (exact) mass is 275 g/mol. The Balaban J connectivity index is 2.31. The Bertz CT molecular complexity index is 444. The molecule has 0 saturated heterocycles. The van der Waals surface area contributed by atoms with Crippen LogP contribution in [0.2, 0.25) is 0 Å². The molecule has 2 rings (SSSR count). The van der Waals surface area contributed by atoms with Gasteiger partial charge in [0.05, 0.1) is 0 Å². The molecule has 1 aliphatic rings. The molecule has 0 atom stereocenters. The van der Waals surface area contributed by atoms with E-state index in [0.717, 1.165) is 25.5 Å². The zero-order chi connectivity index (χ0) is 14.0. The number of nitrogen functional groups attached to an aromatic ring is 1. The van der Waals surface area contributed by atoms with Crippen molar-refractivity contribution in [2.24, 2.45) is 11.8 Å². The van der Waals surface area contributed by atoms with Gasteiger partial charge in [-0.05, 0) is 25.7 Å². The molecule has 106 valence electrons. The third-order valence-corrected chi connectivity index (χ3v) is 3.01. The molecule has 1 aromatic heterocycles. The molecule has 1 aromatic rings. The van der Waals surface area contributed by atoms with E-state index in [1.54, 1.807) is 0 Å². The quantitative estimate of drug-likeness (QED) is 0.635. The van der Waals surface area contributed by atoms with Gasteiger partial charge in [-0.1, -0.05) is 0 Å². The molecule has 0 amide bonds. The Morgan fingerprint density at radius 1 is 1.42 bits per heavy atom. The zero-order valence-electron chi connectivity index (χ0n) is 10.5. The number of hydrazine groups is 1. The van der Waals surface area contributed by atoms with Gasteiger partial charge in [-0.25, -0.2) is 10.8 Å². The topological polar surface area (TPSA) is 67.1 Å². The molecule has 0 aliphatic heterocycles. The molecule has 5 nitrogen and oxygen atoms in total. The number of hydrogen-bond donors (Lipinski definition) is 2. The number of hydrogen-bond acceptors (Lipinski definition) is 5. The standard InChI is InChI=1S/C11H16F3N5/c1-2-19(6-7-3-4-7)9-5-8(11(12,13)14)16-10(17-9)18-15/h5,7H,2-4,6,15H2,1H3,(H,16,17,18). The van der Waals surface area contributed by atoms with Gasteiger partial charge in [-0.15, -0.1) is 0 Å². The van der Waals surface area contributed by atoms with Crippen molar-refractivity contribution in [1.82, 2.24) is 9.97 Å². The molecule has 1 heterocycles. The third-order valence-electron chi connectivity index (χ3n) is 3.01. The first-order chi connectivity index (χ1) is 8.94. The van der Waals surface area contributed by atoms with Gasteiger partial charge in [0.15, 0.2) is 5.69 Å². The number of nitrogens with zero attached hydrogens (tertiary/aromatic N) is 3. The van der Waals surface area contributed by atoms with Crippen molar-refractivity contribution in [2.75, 3.05) is 23.4 Å². The summed E-state index contributed by atoms with van der Waals surface area (Å²) >= 11 is 0. The molecule has 0 spiro atoms. The normalized spacial score (nSPS) is 15.4. The molecule has 0 radical (unpaired) electrons. The Labute approximate surface area is 109 Å². The van der Waals surface area contributed by atoms with Crippen LogP contribution in [0, 0.1) is 5.92 Å². The summed E-state index contributed by atoms with van der Waals surface area (Å²) in [4.78, 5) is 9.15. The fraction of sp³-hybridized carbons (Fsp3) is 0.636. The van der Waals surface area contributed by atoms with Gasteiger partial charge in [0.2, 0.25) is 5.95 Å². The molecular formula is C11H16F3N5. The van der Waals surface area contributed by atoms with E-state index in [2.05, 4.69) is 15.4 Å². The second-order valence-corrected chi connectivity index (χ2v) is 4.56. The van der Waals surface area contributed by atoms with Gasteiger partial charge in [-0.3, -0.25) is 5.43 Å². The minimum absolute atomic E-state index is 0.223. The Morgan fingerprint density at radius 2 is 2.11 bits per heavy atom. The van der Waals surface area contributed by atoms with E-state index in [1.165, 1.54) is 0 Å². The van der Waals surface area contributed by atoms with Crippen molar-refractivity contribution < 1.29 is 13.2 Å². The number of anilines is 2. The van der Waals surface area contributed by atoms with Crippen LogP contribution in [0.5, 0.6) is 0 Å². The summed E-state index contributed by atoms with van der Waals surface area (Å²) < 4.78 is 38.2. The smallest absolute Gasteiger partial charge is 0.356 e. The fourth-order valence-electron chi connectivity index (χ4n) is 1.80. The van der Waals surface area contributed by atoms with Crippen molar-refractivity contribution in [2.45, 2.75) is 25.9 Å². The van der Waals surface area contributed by atoms with Crippen LogP contribution in [0.15, 0.2) is 6.07 Å². The van der Waals surface area contributed by atoms with Crippen LogP contribution in [0.4, 0.5) is 24.9 Å². The van der Waals surface area contributed by atoms with Crippen LogP contribution in [-0.4, -0.2) is 23.1 Å². The molecule has 0 aromatic carbocycles. The summed E-state index contributed by atoms with van der Waals surface area (Å²) in [5.74, 6) is 5.71. The lowest BCUT2D eigenvalue weighted by Crippen LogP contribution is -2.28. The highest BCUT2D eigenvalue weighted by molar-refractivity contribution is 5.45. The van der Waals surface area contributed by atoms with E-state index in [9.17, 15) is 13.2 Å². The molecule has 0 unspecified atom stereocenters. The second-order valence-electron chi connectivity index (χ2n) is 4.56. The van der Waals surface area contributed by atoms with Crippen LogP contribution in [-0.2, 0) is 6.18 Å². The number of alkyl halides is 3. The highest BCUT2D eigenvalue weighted by Gasteiger charge is 2.34. The predicted molar refractivity (Wildman–Crippen MR) is 65.5 cm³/mol. The van der Waals surface area contributed by atoms with E-state index in [1.807, 2.05) is 11.8 Å². The van der Waals surface area contributed by atoms with Crippen LogP contribution < -0.4 is 16.2 Å². The molecule has 3 N–H and O–H groups in total. The van der Waals surface area contributed by atoms with E-state index < -0.39 is 11.9 Å². The fourth-order valence-corrected chi connectivity index (χ4v) is 1.80. The number of rotatable bonds is 5. The van der Waals surface area contributed by atoms with Gasteiger partial charge in [0.25, 0.3) is 0 Å². The van der Waals surface area contributed by atoms with E-state index in [-0.39, 0.29) is 11.8 Å². The predicted octanol–water partition coefficient (Wildman–Crippen LogP) is 2.02. The van der Waals surface area contributed by atoms with Crippen molar-refractivity contribution >= 4 is 11.8 Å². The van der Waals surface area contributed by atoms with E-state index in [0.29, 0.717) is 12.5 Å². The Morgan fingerprint density at radius 3 is 2.58 bits per heavy atom. The average molecular weight is 275 g/mol.